The van der Waals surface area contributed by atoms with E-state index in [0.717, 1.165) is 15.6 Å². The van der Waals surface area contributed by atoms with Gasteiger partial charge < -0.3 is 5.11 Å². The average molecular weight is 395 g/mol. The summed E-state index contributed by atoms with van der Waals surface area (Å²) in [4.78, 5) is 0. The van der Waals surface area contributed by atoms with Crippen molar-refractivity contribution in [3.63, 3.8) is 0 Å². The Morgan fingerprint density at radius 3 is 2.40 bits per heavy atom. The first-order chi connectivity index (χ1) is 7.16. The first kappa shape index (κ1) is 11.6. The Kier molecular flexibility index (Phi) is 3.82. The van der Waals surface area contributed by atoms with Gasteiger partial charge in [-0.3, -0.25) is 0 Å². The quantitative estimate of drug-likeness (QED) is 0.757. The zero-order chi connectivity index (χ0) is 10.8. The molecule has 0 aliphatic carbocycles. The normalized spacial score (nSPS) is 12.7. The number of aliphatic hydroxyl groups is 1. The van der Waals surface area contributed by atoms with Gasteiger partial charge in [-0.05, 0) is 57.3 Å². The molecule has 4 heteroatoms. The molecule has 2 aromatic rings. The number of halogens is 2. The zero-order valence-electron chi connectivity index (χ0n) is 7.65. The number of hydrogen-bond acceptors (Lipinski definition) is 2. The second kappa shape index (κ2) is 4.95. The Hall–Kier alpha value is 0.0900. The summed E-state index contributed by atoms with van der Waals surface area (Å²) in [5.74, 6) is 0. The minimum atomic E-state index is -0.516. The molecule has 1 nitrogen and oxygen atoms in total. The number of hydrogen-bond donors (Lipinski definition) is 1. The third kappa shape index (κ3) is 2.81. The van der Waals surface area contributed by atoms with Gasteiger partial charge in [0.05, 0.1) is 2.88 Å². The van der Waals surface area contributed by atoms with E-state index in [-0.39, 0.29) is 0 Å². The van der Waals surface area contributed by atoms with Gasteiger partial charge in [-0.2, -0.15) is 0 Å². The second-order valence-corrected chi connectivity index (χ2v) is 6.86. The van der Waals surface area contributed by atoms with Crippen LogP contribution in [0.25, 0.3) is 0 Å². The van der Waals surface area contributed by atoms with Crippen LogP contribution >= 0.6 is 49.9 Å². The van der Waals surface area contributed by atoms with Crippen LogP contribution in [-0.4, -0.2) is 5.11 Å². The van der Waals surface area contributed by atoms with Crippen molar-refractivity contribution >= 4 is 49.9 Å². The fourth-order valence-electron chi connectivity index (χ4n) is 1.30. The van der Waals surface area contributed by atoms with Crippen LogP contribution in [0, 0.1) is 2.88 Å². The molecular formula is C11H8BrIOS. The predicted molar refractivity (Wildman–Crippen MR) is 75.2 cm³/mol. The molecule has 1 N–H and O–H groups in total. The minimum Gasteiger partial charge on any atom is -0.384 e. The number of aliphatic hydroxyl groups excluding tert-OH is 1. The molecule has 1 aromatic heterocycles. The van der Waals surface area contributed by atoms with Gasteiger partial charge >= 0.3 is 0 Å². The molecule has 15 heavy (non-hydrogen) atoms. The Balaban J connectivity index is 2.28. The SMILES string of the molecule is OC(c1ccc(Br)cc1)c1csc(I)c1. The summed E-state index contributed by atoms with van der Waals surface area (Å²) < 4.78 is 2.22. The van der Waals surface area contributed by atoms with Gasteiger partial charge in [0.15, 0.2) is 0 Å². The lowest BCUT2D eigenvalue weighted by molar-refractivity contribution is 0.221. The van der Waals surface area contributed by atoms with E-state index < -0.39 is 6.10 Å². The predicted octanol–water partition coefficient (Wildman–Crippen LogP) is 4.20. The molecular weight excluding hydrogens is 387 g/mol. The van der Waals surface area contributed by atoms with Crippen LogP contribution in [0.3, 0.4) is 0 Å². The number of rotatable bonds is 2. The van der Waals surface area contributed by atoms with Gasteiger partial charge in [-0.15, -0.1) is 11.3 Å². The highest BCUT2D eigenvalue weighted by Gasteiger charge is 2.11. The largest absolute Gasteiger partial charge is 0.384 e. The molecule has 2 rings (SSSR count). The highest BCUT2D eigenvalue weighted by atomic mass is 127. The van der Waals surface area contributed by atoms with Crippen LogP contribution in [0.2, 0.25) is 0 Å². The molecule has 0 saturated heterocycles. The standard InChI is InChI=1S/C11H8BrIOS/c12-9-3-1-7(2-4-9)11(14)8-5-10(13)15-6-8/h1-6,11,14H. The van der Waals surface area contributed by atoms with Crippen molar-refractivity contribution in [3.05, 3.63) is 54.2 Å². The van der Waals surface area contributed by atoms with Gasteiger partial charge in [0, 0.05) is 4.47 Å². The van der Waals surface area contributed by atoms with Crippen LogP contribution in [0.4, 0.5) is 0 Å². The summed E-state index contributed by atoms with van der Waals surface area (Å²) >= 11 is 7.28. The van der Waals surface area contributed by atoms with E-state index in [2.05, 4.69) is 38.5 Å². The highest BCUT2D eigenvalue weighted by molar-refractivity contribution is 14.1. The summed E-state index contributed by atoms with van der Waals surface area (Å²) in [7, 11) is 0. The molecule has 1 atom stereocenters. The van der Waals surface area contributed by atoms with Gasteiger partial charge in [-0.25, -0.2) is 0 Å². The average Bonchev–Trinajstić information content (AvgIpc) is 2.65. The van der Waals surface area contributed by atoms with Crippen LogP contribution in [-0.2, 0) is 0 Å². The summed E-state index contributed by atoms with van der Waals surface area (Å²) in [6.07, 6.45) is -0.516. The number of thiophene rings is 1. The summed E-state index contributed by atoms with van der Waals surface area (Å²) in [5.41, 5.74) is 1.89. The smallest absolute Gasteiger partial charge is 0.105 e. The maximum atomic E-state index is 10.1. The summed E-state index contributed by atoms with van der Waals surface area (Å²) in [6.45, 7) is 0. The Labute approximate surface area is 114 Å². The number of benzene rings is 1. The molecule has 0 fully saturated rings. The third-order valence-electron chi connectivity index (χ3n) is 2.09. The van der Waals surface area contributed by atoms with Crippen molar-refractivity contribution in [1.82, 2.24) is 0 Å². The van der Waals surface area contributed by atoms with Crippen LogP contribution in [0.1, 0.15) is 17.2 Å². The minimum absolute atomic E-state index is 0.516. The van der Waals surface area contributed by atoms with Crippen molar-refractivity contribution < 1.29 is 5.11 Å². The van der Waals surface area contributed by atoms with Crippen molar-refractivity contribution in [2.45, 2.75) is 6.10 Å². The fraction of sp³-hybridized carbons (Fsp3) is 0.0909. The molecule has 0 radical (unpaired) electrons. The fourth-order valence-corrected chi connectivity index (χ4v) is 2.96. The molecule has 0 bridgehead atoms. The monoisotopic (exact) mass is 394 g/mol. The van der Waals surface area contributed by atoms with Crippen molar-refractivity contribution in [3.8, 4) is 0 Å². The molecule has 1 aromatic carbocycles. The van der Waals surface area contributed by atoms with Gasteiger partial charge in [0.1, 0.15) is 6.10 Å². The Morgan fingerprint density at radius 1 is 1.20 bits per heavy atom. The summed E-state index contributed by atoms with van der Waals surface area (Å²) in [6, 6.07) is 9.75. The molecule has 0 aliphatic rings. The lowest BCUT2D eigenvalue weighted by Gasteiger charge is -2.08. The first-order valence-corrected chi connectivity index (χ1v) is 7.09. The van der Waals surface area contributed by atoms with E-state index in [1.807, 2.05) is 35.7 Å². The van der Waals surface area contributed by atoms with Gasteiger partial charge in [-0.1, -0.05) is 28.1 Å². The van der Waals surface area contributed by atoms with Crippen molar-refractivity contribution in [2.75, 3.05) is 0 Å². The lowest BCUT2D eigenvalue weighted by Crippen LogP contribution is -1.97. The van der Waals surface area contributed by atoms with Gasteiger partial charge in [0.25, 0.3) is 0 Å². The molecule has 1 heterocycles. The molecule has 78 valence electrons. The maximum absolute atomic E-state index is 10.1. The molecule has 0 spiro atoms. The van der Waals surface area contributed by atoms with E-state index in [9.17, 15) is 5.11 Å². The topological polar surface area (TPSA) is 20.2 Å². The summed E-state index contributed by atoms with van der Waals surface area (Å²) in [5, 5.41) is 12.1. The van der Waals surface area contributed by atoms with Crippen LogP contribution in [0.5, 0.6) is 0 Å². The van der Waals surface area contributed by atoms with Crippen LogP contribution < -0.4 is 0 Å². The third-order valence-corrected chi connectivity index (χ3v) is 4.43. The maximum Gasteiger partial charge on any atom is 0.105 e. The second-order valence-electron chi connectivity index (χ2n) is 3.14. The van der Waals surface area contributed by atoms with E-state index in [4.69, 9.17) is 0 Å². The van der Waals surface area contributed by atoms with Crippen LogP contribution in [0.15, 0.2) is 40.2 Å². The van der Waals surface area contributed by atoms with E-state index in [1.54, 1.807) is 11.3 Å². The van der Waals surface area contributed by atoms with E-state index >= 15 is 0 Å². The highest BCUT2D eigenvalue weighted by Crippen LogP contribution is 2.27. The lowest BCUT2D eigenvalue weighted by atomic mass is 10.1. The zero-order valence-corrected chi connectivity index (χ0v) is 12.2. The molecule has 1 unspecified atom stereocenters. The van der Waals surface area contributed by atoms with E-state index in [0.29, 0.717) is 0 Å². The molecule has 0 saturated carbocycles. The van der Waals surface area contributed by atoms with Crippen molar-refractivity contribution in [2.24, 2.45) is 0 Å². The van der Waals surface area contributed by atoms with E-state index in [1.165, 1.54) is 2.88 Å². The Morgan fingerprint density at radius 2 is 1.87 bits per heavy atom. The molecule has 0 aliphatic heterocycles. The Bertz CT molecular complexity index is 452. The van der Waals surface area contributed by atoms with Crippen molar-refractivity contribution in [1.29, 1.82) is 0 Å². The first-order valence-electron chi connectivity index (χ1n) is 4.34. The molecule has 0 amide bonds. The van der Waals surface area contributed by atoms with Gasteiger partial charge in [0.2, 0.25) is 0 Å².